The summed E-state index contributed by atoms with van der Waals surface area (Å²) in [7, 11) is 1.71. The molecule has 0 amide bonds. The second kappa shape index (κ2) is 7.21. The number of anilines is 1. The summed E-state index contributed by atoms with van der Waals surface area (Å²) in [4.78, 5) is 7.34. The van der Waals surface area contributed by atoms with E-state index in [2.05, 4.69) is 40.4 Å². The van der Waals surface area contributed by atoms with Crippen LogP contribution in [0.4, 0.5) is 5.69 Å². The number of nitrogens with zero attached hydrogens (tertiary/aromatic N) is 1. The SMILES string of the molecule is COCCNc1cccc(C)c1CSc1ncc[nH]1. The fourth-order valence-corrected chi connectivity index (χ4v) is 2.77. The first kappa shape index (κ1) is 14.0. The first-order valence-corrected chi connectivity index (χ1v) is 7.23. The van der Waals surface area contributed by atoms with Gasteiger partial charge in [-0.1, -0.05) is 23.9 Å². The van der Waals surface area contributed by atoms with Crippen molar-refractivity contribution in [3.8, 4) is 0 Å². The molecule has 5 heteroatoms. The lowest BCUT2D eigenvalue weighted by Crippen LogP contribution is -2.09. The predicted molar refractivity (Wildman–Crippen MR) is 79.7 cm³/mol. The Labute approximate surface area is 118 Å². The van der Waals surface area contributed by atoms with Crippen molar-refractivity contribution in [2.75, 3.05) is 25.6 Å². The quantitative estimate of drug-likeness (QED) is 0.603. The standard InChI is InChI=1S/C14H19N3OS/c1-11-4-3-5-13(15-8-9-18-2)12(11)10-19-14-16-6-7-17-14/h3-7,15H,8-10H2,1-2H3,(H,16,17). The molecule has 0 saturated heterocycles. The Hall–Kier alpha value is -1.46. The summed E-state index contributed by atoms with van der Waals surface area (Å²) in [5.74, 6) is 0.898. The molecule has 0 atom stereocenters. The van der Waals surface area contributed by atoms with E-state index in [4.69, 9.17) is 4.74 Å². The molecular formula is C14H19N3OS. The molecule has 2 N–H and O–H groups in total. The van der Waals surface area contributed by atoms with Crippen molar-refractivity contribution in [3.05, 3.63) is 41.7 Å². The minimum Gasteiger partial charge on any atom is -0.383 e. The topological polar surface area (TPSA) is 49.9 Å². The molecule has 0 fully saturated rings. The molecule has 2 rings (SSSR count). The van der Waals surface area contributed by atoms with Gasteiger partial charge in [-0.05, 0) is 24.1 Å². The van der Waals surface area contributed by atoms with Gasteiger partial charge in [-0.25, -0.2) is 4.98 Å². The molecule has 102 valence electrons. The molecule has 0 unspecified atom stereocenters. The number of benzene rings is 1. The van der Waals surface area contributed by atoms with Crippen LogP contribution in [0.2, 0.25) is 0 Å². The van der Waals surface area contributed by atoms with Gasteiger partial charge in [0.1, 0.15) is 0 Å². The van der Waals surface area contributed by atoms with E-state index in [9.17, 15) is 0 Å². The minimum absolute atomic E-state index is 0.707. The lowest BCUT2D eigenvalue weighted by molar-refractivity contribution is 0.211. The third-order valence-electron chi connectivity index (χ3n) is 2.86. The van der Waals surface area contributed by atoms with E-state index in [1.54, 1.807) is 25.1 Å². The molecule has 1 heterocycles. The summed E-state index contributed by atoms with van der Waals surface area (Å²) in [5.41, 5.74) is 3.79. The molecule has 0 spiro atoms. The van der Waals surface area contributed by atoms with Crippen molar-refractivity contribution in [2.45, 2.75) is 17.8 Å². The molecule has 19 heavy (non-hydrogen) atoms. The Bertz CT molecular complexity index is 499. The Morgan fingerprint density at radius 3 is 3.05 bits per heavy atom. The van der Waals surface area contributed by atoms with Crippen LogP contribution in [0, 0.1) is 6.92 Å². The van der Waals surface area contributed by atoms with Crippen LogP contribution in [0.25, 0.3) is 0 Å². The third-order valence-corrected chi connectivity index (χ3v) is 3.79. The van der Waals surface area contributed by atoms with Crippen LogP contribution in [0.5, 0.6) is 0 Å². The van der Waals surface area contributed by atoms with Crippen molar-refractivity contribution in [1.82, 2.24) is 9.97 Å². The summed E-state index contributed by atoms with van der Waals surface area (Å²) in [5, 5.41) is 4.37. The van der Waals surface area contributed by atoms with Gasteiger partial charge < -0.3 is 15.0 Å². The largest absolute Gasteiger partial charge is 0.383 e. The highest BCUT2D eigenvalue weighted by atomic mass is 32.2. The number of thioether (sulfide) groups is 1. The summed E-state index contributed by atoms with van der Waals surface area (Å²) < 4.78 is 5.07. The first-order chi connectivity index (χ1) is 9.31. The second-order valence-corrected chi connectivity index (χ2v) is 5.17. The summed E-state index contributed by atoms with van der Waals surface area (Å²) in [6, 6.07) is 6.33. The number of methoxy groups -OCH3 is 1. The summed E-state index contributed by atoms with van der Waals surface area (Å²) in [6.07, 6.45) is 3.62. The van der Waals surface area contributed by atoms with Gasteiger partial charge in [0.05, 0.1) is 6.61 Å². The van der Waals surface area contributed by atoms with Crippen LogP contribution in [-0.4, -0.2) is 30.2 Å². The first-order valence-electron chi connectivity index (χ1n) is 6.24. The Morgan fingerprint density at radius 1 is 1.42 bits per heavy atom. The Balaban J connectivity index is 2.04. The number of aromatic nitrogens is 2. The van der Waals surface area contributed by atoms with Gasteiger partial charge in [-0.15, -0.1) is 0 Å². The van der Waals surface area contributed by atoms with Gasteiger partial charge in [0, 0.05) is 37.5 Å². The number of nitrogens with one attached hydrogen (secondary N) is 2. The number of hydrogen-bond donors (Lipinski definition) is 2. The van der Waals surface area contributed by atoms with Gasteiger partial charge in [0.2, 0.25) is 0 Å². The summed E-state index contributed by atoms with van der Waals surface area (Å²) in [6.45, 7) is 3.66. The maximum atomic E-state index is 5.07. The molecule has 0 saturated carbocycles. The zero-order valence-electron chi connectivity index (χ0n) is 11.3. The van der Waals surface area contributed by atoms with E-state index < -0.39 is 0 Å². The number of hydrogen-bond acceptors (Lipinski definition) is 4. The van der Waals surface area contributed by atoms with Crippen LogP contribution < -0.4 is 5.32 Å². The monoisotopic (exact) mass is 277 g/mol. The van der Waals surface area contributed by atoms with E-state index in [0.717, 1.165) is 17.5 Å². The Kier molecular flexibility index (Phi) is 5.30. The van der Waals surface area contributed by atoms with Crippen LogP contribution in [0.15, 0.2) is 35.7 Å². The fraction of sp³-hybridized carbons (Fsp3) is 0.357. The van der Waals surface area contributed by atoms with Crippen molar-refractivity contribution in [3.63, 3.8) is 0 Å². The zero-order valence-corrected chi connectivity index (χ0v) is 12.1. The molecule has 1 aromatic heterocycles. The van der Waals surface area contributed by atoms with Gasteiger partial charge in [0.25, 0.3) is 0 Å². The molecule has 4 nitrogen and oxygen atoms in total. The van der Waals surface area contributed by atoms with Crippen molar-refractivity contribution < 1.29 is 4.74 Å². The highest BCUT2D eigenvalue weighted by Crippen LogP contribution is 2.27. The number of ether oxygens (including phenoxy) is 1. The molecule has 0 aliphatic carbocycles. The molecule has 0 radical (unpaired) electrons. The molecule has 0 bridgehead atoms. The van der Waals surface area contributed by atoms with E-state index in [1.807, 2.05) is 6.20 Å². The Morgan fingerprint density at radius 2 is 2.32 bits per heavy atom. The molecular weight excluding hydrogens is 258 g/mol. The molecule has 1 aromatic carbocycles. The molecule has 2 aromatic rings. The highest BCUT2D eigenvalue weighted by molar-refractivity contribution is 7.98. The highest BCUT2D eigenvalue weighted by Gasteiger charge is 2.07. The maximum absolute atomic E-state index is 5.07. The van der Waals surface area contributed by atoms with E-state index in [0.29, 0.717) is 6.61 Å². The second-order valence-electron chi connectivity index (χ2n) is 4.20. The average molecular weight is 277 g/mol. The third kappa shape index (κ3) is 4.01. The van der Waals surface area contributed by atoms with Crippen LogP contribution in [-0.2, 0) is 10.5 Å². The van der Waals surface area contributed by atoms with Crippen LogP contribution in [0.1, 0.15) is 11.1 Å². The lowest BCUT2D eigenvalue weighted by Gasteiger charge is -2.13. The lowest BCUT2D eigenvalue weighted by atomic mass is 10.1. The van der Waals surface area contributed by atoms with Gasteiger partial charge in [-0.3, -0.25) is 0 Å². The minimum atomic E-state index is 0.707. The molecule has 0 aliphatic rings. The van der Waals surface area contributed by atoms with Gasteiger partial charge in [-0.2, -0.15) is 0 Å². The van der Waals surface area contributed by atoms with E-state index in [-0.39, 0.29) is 0 Å². The zero-order chi connectivity index (χ0) is 13.5. The maximum Gasteiger partial charge on any atom is 0.165 e. The van der Waals surface area contributed by atoms with Gasteiger partial charge >= 0.3 is 0 Å². The number of rotatable bonds is 7. The van der Waals surface area contributed by atoms with Crippen LogP contribution >= 0.6 is 11.8 Å². The van der Waals surface area contributed by atoms with E-state index in [1.165, 1.54) is 16.8 Å². The fourth-order valence-electron chi connectivity index (χ4n) is 1.82. The van der Waals surface area contributed by atoms with Crippen LogP contribution in [0.3, 0.4) is 0 Å². The van der Waals surface area contributed by atoms with Crippen molar-refractivity contribution in [1.29, 1.82) is 0 Å². The molecule has 0 aliphatic heterocycles. The number of aryl methyl sites for hydroxylation is 1. The smallest absolute Gasteiger partial charge is 0.165 e. The number of H-pyrrole nitrogens is 1. The predicted octanol–water partition coefficient (Wildman–Crippen LogP) is 3.07. The van der Waals surface area contributed by atoms with Gasteiger partial charge in [0.15, 0.2) is 5.16 Å². The number of aromatic amines is 1. The van der Waals surface area contributed by atoms with Crippen molar-refractivity contribution >= 4 is 17.4 Å². The summed E-state index contributed by atoms with van der Waals surface area (Å²) >= 11 is 1.71. The van der Waals surface area contributed by atoms with Crippen molar-refractivity contribution in [2.24, 2.45) is 0 Å². The number of imidazole rings is 1. The average Bonchev–Trinajstić information content (AvgIpc) is 2.91. The van der Waals surface area contributed by atoms with E-state index >= 15 is 0 Å². The normalized spacial score (nSPS) is 10.6.